The van der Waals surface area contributed by atoms with Crippen molar-refractivity contribution >= 4 is 11.9 Å². The van der Waals surface area contributed by atoms with E-state index in [4.69, 9.17) is 14.6 Å². The summed E-state index contributed by atoms with van der Waals surface area (Å²) in [6, 6.07) is 7.69. The molecule has 5 nitrogen and oxygen atoms in total. The van der Waals surface area contributed by atoms with Crippen LogP contribution in [0.25, 0.3) is 0 Å². The zero-order valence-electron chi connectivity index (χ0n) is 12.8. The largest absolute Gasteiger partial charge is 0.481 e. The molecule has 1 saturated carbocycles. The molecule has 1 aliphatic carbocycles. The molecule has 5 heteroatoms. The zero-order chi connectivity index (χ0) is 16.0. The van der Waals surface area contributed by atoms with Gasteiger partial charge in [0, 0.05) is 13.3 Å². The monoisotopic (exact) mass is 306 g/mol. The number of hydrogen-bond donors (Lipinski definition) is 1. The maximum absolute atomic E-state index is 10.9. The zero-order valence-corrected chi connectivity index (χ0v) is 12.8. The second kappa shape index (κ2) is 7.40. The molecule has 1 aromatic rings. The van der Waals surface area contributed by atoms with Gasteiger partial charge in [-0.1, -0.05) is 24.3 Å². The molecule has 2 rings (SSSR count). The first-order valence-electron chi connectivity index (χ1n) is 7.50. The molecule has 1 N–H and O–H groups in total. The standard InChI is InChI=1S/C17H22O5/c1-13(18)22-11-15-5-3-2-4-14(15)10-21-12-17(8-9-17)7-6-16(19)20/h2-5H,6-12H2,1H3,(H,19,20). The fourth-order valence-electron chi connectivity index (χ4n) is 2.41. The van der Waals surface area contributed by atoms with E-state index < -0.39 is 5.97 Å². The summed E-state index contributed by atoms with van der Waals surface area (Å²) in [6.07, 6.45) is 2.95. The smallest absolute Gasteiger partial charge is 0.303 e. The average Bonchev–Trinajstić information content (AvgIpc) is 3.24. The lowest BCUT2D eigenvalue weighted by Crippen LogP contribution is -2.13. The lowest BCUT2D eigenvalue weighted by molar-refractivity contribution is -0.142. The molecule has 0 aromatic heterocycles. The molecule has 0 spiro atoms. The SMILES string of the molecule is CC(=O)OCc1ccccc1COCC1(CCC(=O)O)CC1. The number of carboxylic acids is 1. The van der Waals surface area contributed by atoms with E-state index in [1.54, 1.807) is 0 Å². The van der Waals surface area contributed by atoms with Gasteiger partial charge in [0.25, 0.3) is 0 Å². The minimum atomic E-state index is -0.752. The molecule has 22 heavy (non-hydrogen) atoms. The van der Waals surface area contributed by atoms with Crippen molar-refractivity contribution in [1.82, 2.24) is 0 Å². The first-order valence-corrected chi connectivity index (χ1v) is 7.50. The molecule has 1 fully saturated rings. The van der Waals surface area contributed by atoms with E-state index in [1.807, 2.05) is 24.3 Å². The van der Waals surface area contributed by atoms with Crippen molar-refractivity contribution in [2.45, 2.75) is 45.8 Å². The number of ether oxygens (including phenoxy) is 2. The van der Waals surface area contributed by atoms with Gasteiger partial charge in [-0.15, -0.1) is 0 Å². The predicted molar refractivity (Wildman–Crippen MR) is 80.1 cm³/mol. The molecule has 0 amide bonds. The second-order valence-electron chi connectivity index (χ2n) is 5.94. The van der Waals surface area contributed by atoms with Crippen LogP contribution in [0.5, 0.6) is 0 Å². The van der Waals surface area contributed by atoms with Crippen molar-refractivity contribution in [2.24, 2.45) is 5.41 Å². The Balaban J connectivity index is 1.81. The summed E-state index contributed by atoms with van der Waals surface area (Å²) in [5.41, 5.74) is 1.99. The van der Waals surface area contributed by atoms with Gasteiger partial charge in [-0.05, 0) is 35.8 Å². The normalized spacial score (nSPS) is 15.3. The molecular weight excluding hydrogens is 284 g/mol. The topological polar surface area (TPSA) is 72.8 Å². The molecule has 0 aliphatic heterocycles. The Bertz CT molecular complexity index is 534. The number of benzene rings is 1. The van der Waals surface area contributed by atoms with Crippen LogP contribution in [0.1, 0.15) is 43.7 Å². The van der Waals surface area contributed by atoms with Gasteiger partial charge in [0.05, 0.1) is 13.2 Å². The van der Waals surface area contributed by atoms with E-state index in [-0.39, 0.29) is 24.4 Å². The fourth-order valence-corrected chi connectivity index (χ4v) is 2.41. The quantitative estimate of drug-likeness (QED) is 0.710. The molecule has 0 saturated heterocycles. The minimum Gasteiger partial charge on any atom is -0.481 e. The predicted octanol–water partition coefficient (Wildman–Crippen LogP) is 2.91. The lowest BCUT2D eigenvalue weighted by Gasteiger charge is -2.15. The third kappa shape index (κ3) is 5.15. The number of carbonyl (C=O) groups is 2. The highest BCUT2D eigenvalue weighted by Gasteiger charge is 2.42. The third-order valence-corrected chi connectivity index (χ3v) is 4.04. The highest BCUT2D eigenvalue weighted by atomic mass is 16.5. The maximum Gasteiger partial charge on any atom is 0.303 e. The van der Waals surface area contributed by atoms with Crippen molar-refractivity contribution in [3.63, 3.8) is 0 Å². The molecule has 0 atom stereocenters. The van der Waals surface area contributed by atoms with E-state index >= 15 is 0 Å². The van der Waals surface area contributed by atoms with E-state index in [9.17, 15) is 9.59 Å². The molecule has 0 unspecified atom stereocenters. The first-order chi connectivity index (χ1) is 10.5. The summed E-state index contributed by atoms with van der Waals surface area (Å²) < 4.78 is 10.8. The summed E-state index contributed by atoms with van der Waals surface area (Å²) in [4.78, 5) is 21.6. The molecule has 0 heterocycles. The van der Waals surface area contributed by atoms with E-state index in [0.717, 1.165) is 24.0 Å². The molecule has 120 valence electrons. The molecule has 1 aliphatic rings. The molecular formula is C17H22O5. The number of rotatable bonds is 9. The Morgan fingerprint density at radius 2 is 1.82 bits per heavy atom. The van der Waals surface area contributed by atoms with Crippen LogP contribution in [0, 0.1) is 5.41 Å². The van der Waals surface area contributed by atoms with E-state index in [2.05, 4.69) is 0 Å². The molecule has 0 radical (unpaired) electrons. The van der Waals surface area contributed by atoms with Gasteiger partial charge in [-0.25, -0.2) is 0 Å². The van der Waals surface area contributed by atoms with Crippen molar-refractivity contribution in [2.75, 3.05) is 6.61 Å². The third-order valence-electron chi connectivity index (χ3n) is 4.04. The van der Waals surface area contributed by atoms with Crippen LogP contribution < -0.4 is 0 Å². The van der Waals surface area contributed by atoms with Crippen LogP contribution in [0.15, 0.2) is 24.3 Å². The maximum atomic E-state index is 10.9. The summed E-state index contributed by atoms with van der Waals surface area (Å²) in [6.45, 7) is 2.67. The average molecular weight is 306 g/mol. The van der Waals surface area contributed by atoms with Crippen LogP contribution in [0.2, 0.25) is 0 Å². The number of hydrogen-bond acceptors (Lipinski definition) is 4. The van der Waals surface area contributed by atoms with Crippen LogP contribution in [-0.2, 0) is 32.3 Å². The summed E-state index contributed by atoms with van der Waals surface area (Å²) in [5, 5.41) is 8.77. The van der Waals surface area contributed by atoms with Crippen LogP contribution in [0.4, 0.5) is 0 Å². The van der Waals surface area contributed by atoms with Crippen molar-refractivity contribution in [3.05, 3.63) is 35.4 Å². The Kier molecular flexibility index (Phi) is 5.55. The summed E-state index contributed by atoms with van der Waals surface area (Å²) in [7, 11) is 0. The Morgan fingerprint density at radius 1 is 1.18 bits per heavy atom. The van der Waals surface area contributed by atoms with Gasteiger partial charge < -0.3 is 14.6 Å². The van der Waals surface area contributed by atoms with Gasteiger partial charge in [0.15, 0.2) is 0 Å². The van der Waals surface area contributed by atoms with Crippen molar-refractivity contribution in [1.29, 1.82) is 0 Å². The highest BCUT2D eigenvalue weighted by Crippen LogP contribution is 2.49. The molecule has 0 bridgehead atoms. The number of aliphatic carboxylic acids is 1. The minimum absolute atomic E-state index is 0.0587. The van der Waals surface area contributed by atoms with Gasteiger partial charge in [0.1, 0.15) is 6.61 Å². The fraction of sp³-hybridized carbons (Fsp3) is 0.529. The Hall–Kier alpha value is -1.88. The van der Waals surface area contributed by atoms with Crippen LogP contribution in [-0.4, -0.2) is 23.7 Å². The van der Waals surface area contributed by atoms with E-state index in [0.29, 0.717) is 19.6 Å². The van der Waals surface area contributed by atoms with Crippen LogP contribution >= 0.6 is 0 Å². The van der Waals surface area contributed by atoms with Crippen molar-refractivity contribution in [3.8, 4) is 0 Å². The first kappa shape index (κ1) is 16.5. The van der Waals surface area contributed by atoms with Gasteiger partial charge in [-0.2, -0.15) is 0 Å². The Labute approximate surface area is 130 Å². The van der Waals surface area contributed by atoms with Crippen molar-refractivity contribution < 1.29 is 24.2 Å². The number of esters is 1. The lowest BCUT2D eigenvalue weighted by atomic mass is 10.0. The summed E-state index contributed by atoms with van der Waals surface area (Å²) >= 11 is 0. The second-order valence-corrected chi connectivity index (χ2v) is 5.94. The van der Waals surface area contributed by atoms with Gasteiger partial charge in [0.2, 0.25) is 0 Å². The van der Waals surface area contributed by atoms with Gasteiger partial charge >= 0.3 is 11.9 Å². The number of carboxylic acid groups (broad SMARTS) is 1. The van der Waals surface area contributed by atoms with E-state index in [1.165, 1.54) is 6.92 Å². The summed E-state index contributed by atoms with van der Waals surface area (Å²) in [5.74, 6) is -1.06. The highest BCUT2D eigenvalue weighted by molar-refractivity contribution is 5.66. The molecule has 1 aromatic carbocycles. The van der Waals surface area contributed by atoms with Gasteiger partial charge in [-0.3, -0.25) is 9.59 Å². The Morgan fingerprint density at radius 3 is 2.36 bits per heavy atom. The van der Waals surface area contributed by atoms with Crippen LogP contribution in [0.3, 0.4) is 0 Å². The number of carbonyl (C=O) groups excluding carboxylic acids is 1.